The van der Waals surface area contributed by atoms with Crippen LogP contribution in [0.5, 0.6) is 5.75 Å². The summed E-state index contributed by atoms with van der Waals surface area (Å²) in [6.45, 7) is 3.00. The smallest absolute Gasteiger partial charge is 0.126 e. The lowest BCUT2D eigenvalue weighted by Crippen LogP contribution is -2.44. The standard InChI is InChI=1S/C18H24ClNO2/c1-22-17-12-15(19)6-7-16(17)18(21)8-10-20(11-9-18)13-14-4-2-3-5-14/h2-3,6-7,12,14,21H,4-5,8-11,13H2,1H3. The van der Waals surface area contributed by atoms with E-state index in [9.17, 15) is 5.11 Å². The molecule has 1 N–H and O–H groups in total. The van der Waals surface area contributed by atoms with Gasteiger partial charge in [0.1, 0.15) is 5.75 Å². The highest BCUT2D eigenvalue weighted by Gasteiger charge is 2.36. The molecule has 1 aliphatic heterocycles. The lowest BCUT2D eigenvalue weighted by molar-refractivity contribution is -0.0299. The number of methoxy groups -OCH3 is 1. The van der Waals surface area contributed by atoms with Crippen molar-refractivity contribution in [3.8, 4) is 5.75 Å². The van der Waals surface area contributed by atoms with Crippen molar-refractivity contribution in [3.05, 3.63) is 40.9 Å². The number of nitrogens with zero attached hydrogens (tertiary/aromatic N) is 1. The molecular weight excluding hydrogens is 298 g/mol. The number of piperidine rings is 1. The highest BCUT2D eigenvalue weighted by atomic mass is 35.5. The number of hydrogen-bond donors (Lipinski definition) is 1. The molecule has 0 atom stereocenters. The first kappa shape index (κ1) is 15.9. The minimum absolute atomic E-state index is 0.635. The van der Waals surface area contributed by atoms with Crippen LogP contribution in [0.1, 0.15) is 31.2 Å². The molecule has 120 valence electrons. The molecular formula is C18H24ClNO2. The molecule has 0 aromatic heterocycles. The Kier molecular flexibility index (Phi) is 4.76. The van der Waals surface area contributed by atoms with Gasteiger partial charge in [-0.3, -0.25) is 0 Å². The van der Waals surface area contributed by atoms with Crippen molar-refractivity contribution < 1.29 is 9.84 Å². The second-order valence-electron chi connectivity index (χ2n) is 6.49. The van der Waals surface area contributed by atoms with Crippen molar-refractivity contribution in [1.29, 1.82) is 0 Å². The van der Waals surface area contributed by atoms with Crippen LogP contribution in [0.3, 0.4) is 0 Å². The molecule has 0 amide bonds. The lowest BCUT2D eigenvalue weighted by Gasteiger charge is -2.40. The van der Waals surface area contributed by atoms with Gasteiger partial charge in [-0.15, -0.1) is 0 Å². The van der Waals surface area contributed by atoms with E-state index in [0.717, 1.165) is 44.0 Å². The Morgan fingerprint density at radius 3 is 2.59 bits per heavy atom. The normalized spacial score (nSPS) is 22.1. The number of aliphatic hydroxyl groups is 1. The fourth-order valence-electron chi connectivity index (χ4n) is 3.61. The Morgan fingerprint density at radius 1 is 1.27 bits per heavy atom. The van der Waals surface area contributed by atoms with Crippen LogP contribution in [0.25, 0.3) is 0 Å². The molecule has 1 fully saturated rings. The van der Waals surface area contributed by atoms with Crippen molar-refractivity contribution in [2.45, 2.75) is 31.3 Å². The van der Waals surface area contributed by atoms with Crippen LogP contribution in [-0.4, -0.2) is 36.8 Å². The molecule has 0 unspecified atom stereocenters. The quantitative estimate of drug-likeness (QED) is 0.860. The summed E-state index contributed by atoms with van der Waals surface area (Å²) < 4.78 is 5.41. The molecule has 0 bridgehead atoms. The summed E-state index contributed by atoms with van der Waals surface area (Å²) in [5.74, 6) is 1.44. The first-order valence-corrected chi connectivity index (χ1v) is 8.42. The average molecular weight is 322 g/mol. The predicted octanol–water partition coefficient (Wildman–Crippen LogP) is 3.60. The summed E-state index contributed by atoms with van der Waals surface area (Å²) in [6, 6.07) is 5.51. The molecule has 1 aromatic carbocycles. The zero-order valence-electron chi connectivity index (χ0n) is 13.1. The molecule has 22 heavy (non-hydrogen) atoms. The summed E-state index contributed by atoms with van der Waals surface area (Å²) >= 11 is 6.02. The van der Waals surface area contributed by atoms with Gasteiger partial charge in [-0.25, -0.2) is 0 Å². The topological polar surface area (TPSA) is 32.7 Å². The Bertz CT molecular complexity index is 542. The summed E-state index contributed by atoms with van der Waals surface area (Å²) in [5, 5.41) is 11.7. The molecule has 0 saturated carbocycles. The van der Waals surface area contributed by atoms with Gasteiger partial charge in [0.25, 0.3) is 0 Å². The van der Waals surface area contributed by atoms with E-state index in [4.69, 9.17) is 16.3 Å². The largest absolute Gasteiger partial charge is 0.496 e. The number of halogens is 1. The van der Waals surface area contributed by atoms with Gasteiger partial charge in [-0.1, -0.05) is 29.8 Å². The Morgan fingerprint density at radius 2 is 1.95 bits per heavy atom. The molecule has 1 saturated heterocycles. The summed E-state index contributed by atoms with van der Waals surface area (Å²) in [4.78, 5) is 2.48. The van der Waals surface area contributed by atoms with Crippen molar-refractivity contribution in [1.82, 2.24) is 4.90 Å². The highest BCUT2D eigenvalue weighted by molar-refractivity contribution is 6.30. The molecule has 1 aromatic rings. The Labute approximate surface area is 137 Å². The van der Waals surface area contributed by atoms with Crippen LogP contribution in [0.15, 0.2) is 30.4 Å². The second kappa shape index (κ2) is 6.61. The highest BCUT2D eigenvalue weighted by Crippen LogP contribution is 2.39. The maximum atomic E-state index is 11.1. The predicted molar refractivity (Wildman–Crippen MR) is 89.4 cm³/mol. The third kappa shape index (κ3) is 3.32. The molecule has 1 heterocycles. The first-order chi connectivity index (χ1) is 10.6. The van der Waals surface area contributed by atoms with Gasteiger partial charge >= 0.3 is 0 Å². The van der Waals surface area contributed by atoms with Gasteiger partial charge in [-0.05, 0) is 43.7 Å². The van der Waals surface area contributed by atoms with Crippen LogP contribution in [0.2, 0.25) is 5.02 Å². The van der Waals surface area contributed by atoms with Crippen molar-refractivity contribution in [2.75, 3.05) is 26.7 Å². The molecule has 0 spiro atoms. The zero-order valence-corrected chi connectivity index (χ0v) is 13.9. The van der Waals surface area contributed by atoms with Gasteiger partial charge in [0.05, 0.1) is 12.7 Å². The minimum Gasteiger partial charge on any atom is -0.496 e. The van der Waals surface area contributed by atoms with E-state index in [1.165, 1.54) is 12.8 Å². The minimum atomic E-state index is -0.805. The van der Waals surface area contributed by atoms with E-state index in [1.54, 1.807) is 13.2 Å². The van der Waals surface area contributed by atoms with E-state index in [-0.39, 0.29) is 0 Å². The number of rotatable bonds is 4. The molecule has 0 radical (unpaired) electrons. The van der Waals surface area contributed by atoms with Crippen LogP contribution in [0.4, 0.5) is 0 Å². The van der Waals surface area contributed by atoms with Gasteiger partial charge in [0.15, 0.2) is 0 Å². The number of allylic oxidation sites excluding steroid dienone is 2. The SMILES string of the molecule is COc1cc(Cl)ccc1C1(O)CCN(CC2CC=CC2)CC1. The first-order valence-electron chi connectivity index (χ1n) is 8.04. The molecule has 2 aliphatic rings. The number of ether oxygens (including phenoxy) is 1. The number of likely N-dealkylation sites (tertiary alicyclic amines) is 1. The Hall–Kier alpha value is -1.03. The van der Waals surface area contributed by atoms with E-state index in [2.05, 4.69) is 17.1 Å². The van der Waals surface area contributed by atoms with Crippen molar-refractivity contribution in [2.24, 2.45) is 5.92 Å². The zero-order chi connectivity index (χ0) is 15.6. The number of benzene rings is 1. The van der Waals surface area contributed by atoms with E-state index in [0.29, 0.717) is 10.8 Å². The van der Waals surface area contributed by atoms with E-state index < -0.39 is 5.60 Å². The van der Waals surface area contributed by atoms with Gasteiger partial charge in [0.2, 0.25) is 0 Å². The Balaban J connectivity index is 1.66. The van der Waals surface area contributed by atoms with Crippen LogP contribution in [0, 0.1) is 5.92 Å². The van der Waals surface area contributed by atoms with Crippen LogP contribution < -0.4 is 4.74 Å². The van der Waals surface area contributed by atoms with Gasteiger partial charge in [-0.2, -0.15) is 0 Å². The lowest BCUT2D eigenvalue weighted by atomic mass is 9.83. The second-order valence-corrected chi connectivity index (χ2v) is 6.92. The summed E-state index contributed by atoms with van der Waals surface area (Å²) in [5.41, 5.74) is 0.0574. The monoisotopic (exact) mass is 321 g/mol. The molecule has 3 rings (SSSR count). The third-order valence-electron chi connectivity index (χ3n) is 4.97. The van der Waals surface area contributed by atoms with Gasteiger partial charge < -0.3 is 14.7 Å². The average Bonchev–Trinajstić information content (AvgIpc) is 3.02. The van der Waals surface area contributed by atoms with Gasteiger partial charge in [0, 0.05) is 30.2 Å². The summed E-state index contributed by atoms with van der Waals surface area (Å²) in [7, 11) is 1.63. The molecule has 3 nitrogen and oxygen atoms in total. The van der Waals surface area contributed by atoms with Crippen molar-refractivity contribution >= 4 is 11.6 Å². The fraction of sp³-hybridized carbons (Fsp3) is 0.556. The maximum Gasteiger partial charge on any atom is 0.126 e. The fourth-order valence-corrected chi connectivity index (χ4v) is 3.77. The van der Waals surface area contributed by atoms with E-state index in [1.807, 2.05) is 12.1 Å². The third-order valence-corrected chi connectivity index (χ3v) is 5.21. The summed E-state index contributed by atoms with van der Waals surface area (Å²) in [6.07, 6.45) is 8.45. The van der Waals surface area contributed by atoms with Crippen LogP contribution >= 0.6 is 11.6 Å². The van der Waals surface area contributed by atoms with Crippen molar-refractivity contribution in [3.63, 3.8) is 0 Å². The number of hydrogen-bond acceptors (Lipinski definition) is 3. The molecule has 4 heteroatoms. The maximum absolute atomic E-state index is 11.1. The van der Waals surface area contributed by atoms with E-state index >= 15 is 0 Å². The molecule has 1 aliphatic carbocycles. The van der Waals surface area contributed by atoms with Crippen LogP contribution in [-0.2, 0) is 5.60 Å².